The molecule has 5 nitrogen and oxygen atoms in total. The predicted octanol–water partition coefficient (Wildman–Crippen LogP) is 1.40. The molecule has 0 unspecified atom stereocenters. The summed E-state index contributed by atoms with van der Waals surface area (Å²) in [6, 6.07) is 0. The summed E-state index contributed by atoms with van der Waals surface area (Å²) in [4.78, 5) is 13.4. The zero-order chi connectivity index (χ0) is 12.8. The second kappa shape index (κ2) is 6.88. The molecular formula is C10H17ClN4OS. The minimum absolute atomic E-state index is 0.0144. The molecule has 0 saturated carbocycles. The monoisotopic (exact) mass is 276 g/mol. The first-order valence-corrected chi connectivity index (χ1v) is 6.56. The highest BCUT2D eigenvalue weighted by Crippen LogP contribution is 2.18. The quantitative estimate of drug-likeness (QED) is 0.853. The van der Waals surface area contributed by atoms with Gasteiger partial charge >= 0.3 is 0 Å². The van der Waals surface area contributed by atoms with E-state index < -0.39 is 0 Å². The summed E-state index contributed by atoms with van der Waals surface area (Å²) in [5.74, 6) is 0.474. The second-order valence-electron chi connectivity index (χ2n) is 4.36. The number of hydrogen-bond donors (Lipinski definition) is 1. The summed E-state index contributed by atoms with van der Waals surface area (Å²) < 4.78 is 4.33. The number of likely N-dealkylation sites (N-methyl/N-ethyl adjacent to an activating group) is 1. The molecule has 0 aliphatic rings. The lowest BCUT2D eigenvalue weighted by atomic mass is 10.2. The van der Waals surface area contributed by atoms with Gasteiger partial charge < -0.3 is 5.32 Å². The molecule has 1 aromatic heterocycles. The van der Waals surface area contributed by atoms with E-state index in [4.69, 9.17) is 11.6 Å². The molecule has 0 fully saturated rings. The topological polar surface area (TPSA) is 58.1 Å². The number of carbonyl (C=O) groups is 1. The van der Waals surface area contributed by atoms with Crippen molar-refractivity contribution in [2.75, 3.05) is 20.1 Å². The minimum Gasteiger partial charge on any atom is -0.355 e. The lowest BCUT2D eigenvalue weighted by molar-refractivity contribution is -0.122. The Morgan fingerprint density at radius 1 is 1.59 bits per heavy atom. The van der Waals surface area contributed by atoms with Crippen molar-refractivity contribution in [3.05, 3.63) is 10.0 Å². The van der Waals surface area contributed by atoms with Crippen LogP contribution in [0.3, 0.4) is 0 Å². The summed E-state index contributed by atoms with van der Waals surface area (Å²) in [5, 5.41) is 6.76. The van der Waals surface area contributed by atoms with Crippen LogP contribution in [0.5, 0.6) is 0 Å². The van der Waals surface area contributed by atoms with E-state index in [0.29, 0.717) is 29.9 Å². The van der Waals surface area contributed by atoms with Gasteiger partial charge in [0.25, 0.3) is 0 Å². The molecule has 96 valence electrons. The maximum Gasteiger partial charge on any atom is 0.234 e. The number of halogens is 1. The van der Waals surface area contributed by atoms with Crippen molar-refractivity contribution in [3.63, 3.8) is 0 Å². The number of nitrogens with one attached hydrogen (secondary N) is 1. The number of nitrogens with zero attached hydrogens (tertiary/aromatic N) is 3. The van der Waals surface area contributed by atoms with Gasteiger partial charge in [0.15, 0.2) is 0 Å². The fraction of sp³-hybridized carbons (Fsp3) is 0.700. The van der Waals surface area contributed by atoms with Crippen LogP contribution in [0.1, 0.15) is 19.5 Å². The molecule has 0 aliphatic carbocycles. The second-order valence-corrected chi connectivity index (χ2v) is 5.72. The zero-order valence-corrected chi connectivity index (χ0v) is 11.8. The van der Waals surface area contributed by atoms with Crippen molar-refractivity contribution in [2.24, 2.45) is 5.92 Å². The molecule has 0 spiro atoms. The molecule has 0 atom stereocenters. The summed E-state index contributed by atoms with van der Waals surface area (Å²) in [5.41, 5.74) is 0.718. The number of rotatable bonds is 6. The lowest BCUT2D eigenvalue weighted by Gasteiger charge is -2.15. The SMILES string of the molecule is CC(C)CNC(=O)CN(C)Cc1nnsc1Cl. The van der Waals surface area contributed by atoms with Crippen molar-refractivity contribution >= 4 is 29.0 Å². The molecular weight excluding hydrogens is 260 g/mol. The van der Waals surface area contributed by atoms with E-state index in [1.54, 1.807) is 0 Å². The van der Waals surface area contributed by atoms with E-state index in [9.17, 15) is 4.79 Å². The van der Waals surface area contributed by atoms with Crippen LogP contribution in [0.2, 0.25) is 4.34 Å². The first kappa shape index (κ1) is 14.3. The van der Waals surface area contributed by atoms with Crippen LogP contribution in [-0.2, 0) is 11.3 Å². The molecule has 0 radical (unpaired) electrons. The summed E-state index contributed by atoms with van der Waals surface area (Å²) in [6.45, 7) is 5.69. The maximum absolute atomic E-state index is 11.6. The van der Waals surface area contributed by atoms with Crippen molar-refractivity contribution < 1.29 is 4.79 Å². The predicted molar refractivity (Wildman–Crippen MR) is 69.1 cm³/mol. The van der Waals surface area contributed by atoms with Gasteiger partial charge in [0, 0.05) is 24.6 Å². The molecule has 1 N–H and O–H groups in total. The van der Waals surface area contributed by atoms with E-state index in [1.807, 2.05) is 11.9 Å². The third-order valence-corrected chi connectivity index (χ3v) is 3.03. The van der Waals surface area contributed by atoms with Crippen molar-refractivity contribution in [3.8, 4) is 0 Å². The third kappa shape index (κ3) is 5.43. The molecule has 0 saturated heterocycles. The molecule has 7 heteroatoms. The van der Waals surface area contributed by atoms with Gasteiger partial charge in [-0.15, -0.1) is 5.10 Å². The minimum atomic E-state index is 0.0144. The molecule has 17 heavy (non-hydrogen) atoms. The van der Waals surface area contributed by atoms with Gasteiger partial charge in [-0.2, -0.15) is 0 Å². The van der Waals surface area contributed by atoms with E-state index in [2.05, 4.69) is 28.8 Å². The molecule has 1 aromatic rings. The third-order valence-electron chi connectivity index (χ3n) is 2.05. The maximum atomic E-state index is 11.6. The summed E-state index contributed by atoms with van der Waals surface area (Å²) in [7, 11) is 1.85. The number of carbonyl (C=O) groups excluding carboxylic acids is 1. The first-order chi connectivity index (χ1) is 7.99. The zero-order valence-electron chi connectivity index (χ0n) is 10.2. The Kier molecular flexibility index (Phi) is 5.80. The van der Waals surface area contributed by atoms with Gasteiger partial charge in [0.1, 0.15) is 10.0 Å². The molecule has 0 aliphatic heterocycles. The van der Waals surface area contributed by atoms with Crippen LogP contribution in [0.15, 0.2) is 0 Å². The smallest absolute Gasteiger partial charge is 0.234 e. The van der Waals surface area contributed by atoms with Crippen molar-refractivity contribution in [2.45, 2.75) is 20.4 Å². The Hall–Kier alpha value is -0.720. The number of amides is 1. The van der Waals surface area contributed by atoms with Gasteiger partial charge in [0.2, 0.25) is 5.91 Å². The average Bonchev–Trinajstić information content (AvgIpc) is 2.61. The molecule has 1 amide bonds. The summed E-state index contributed by atoms with van der Waals surface area (Å²) in [6.07, 6.45) is 0. The highest BCUT2D eigenvalue weighted by molar-refractivity contribution is 7.10. The van der Waals surface area contributed by atoms with Crippen LogP contribution in [-0.4, -0.2) is 40.5 Å². The molecule has 0 aromatic carbocycles. The molecule has 0 bridgehead atoms. The van der Waals surface area contributed by atoms with Crippen molar-refractivity contribution in [1.29, 1.82) is 0 Å². The van der Waals surface area contributed by atoms with Crippen LogP contribution in [0.25, 0.3) is 0 Å². The van der Waals surface area contributed by atoms with E-state index >= 15 is 0 Å². The van der Waals surface area contributed by atoms with Crippen molar-refractivity contribution in [1.82, 2.24) is 19.8 Å². The normalized spacial score (nSPS) is 11.2. The van der Waals surface area contributed by atoms with Crippen LogP contribution < -0.4 is 5.32 Å². The van der Waals surface area contributed by atoms with E-state index in [0.717, 1.165) is 17.2 Å². The Morgan fingerprint density at radius 2 is 2.29 bits per heavy atom. The van der Waals surface area contributed by atoms with Crippen LogP contribution >= 0.6 is 23.1 Å². The van der Waals surface area contributed by atoms with E-state index in [-0.39, 0.29) is 5.91 Å². The first-order valence-electron chi connectivity index (χ1n) is 5.41. The Balaban J connectivity index is 2.32. The Morgan fingerprint density at radius 3 is 2.82 bits per heavy atom. The van der Waals surface area contributed by atoms with Gasteiger partial charge in [0.05, 0.1) is 6.54 Å². The Labute approximate surface area is 110 Å². The fourth-order valence-corrected chi connectivity index (χ4v) is 1.83. The highest BCUT2D eigenvalue weighted by Gasteiger charge is 2.11. The molecule has 1 rings (SSSR count). The number of hydrogen-bond acceptors (Lipinski definition) is 5. The summed E-state index contributed by atoms with van der Waals surface area (Å²) >= 11 is 7.05. The molecule has 1 heterocycles. The Bertz CT molecular complexity index is 369. The highest BCUT2D eigenvalue weighted by atomic mass is 35.5. The number of aromatic nitrogens is 2. The standard InChI is InChI=1S/C10H17ClN4OS/c1-7(2)4-12-9(16)6-15(3)5-8-10(11)17-14-13-8/h7H,4-6H2,1-3H3,(H,12,16). The van der Waals surface area contributed by atoms with Crippen LogP contribution in [0, 0.1) is 5.92 Å². The average molecular weight is 277 g/mol. The van der Waals surface area contributed by atoms with Gasteiger partial charge in [-0.25, -0.2) is 0 Å². The fourth-order valence-electron chi connectivity index (χ4n) is 1.22. The van der Waals surface area contributed by atoms with Gasteiger partial charge in [-0.1, -0.05) is 29.9 Å². The van der Waals surface area contributed by atoms with Gasteiger partial charge in [-0.3, -0.25) is 9.69 Å². The van der Waals surface area contributed by atoms with Crippen LogP contribution in [0.4, 0.5) is 0 Å². The van der Waals surface area contributed by atoms with Gasteiger partial charge in [-0.05, 0) is 13.0 Å². The largest absolute Gasteiger partial charge is 0.355 e. The van der Waals surface area contributed by atoms with E-state index in [1.165, 1.54) is 0 Å². The lowest BCUT2D eigenvalue weighted by Crippen LogP contribution is -2.36.